The van der Waals surface area contributed by atoms with E-state index in [4.69, 9.17) is 11.6 Å². The van der Waals surface area contributed by atoms with Gasteiger partial charge in [-0.05, 0) is 0 Å². The number of rotatable bonds is 2. The van der Waals surface area contributed by atoms with E-state index in [0.29, 0.717) is 0 Å². The monoisotopic (exact) mass is 256 g/mol. The molecule has 60 valence electrons. The average molecular weight is 256 g/mol. The van der Waals surface area contributed by atoms with Gasteiger partial charge in [-0.2, -0.15) is 0 Å². The number of halogens is 2. The van der Waals surface area contributed by atoms with Crippen LogP contribution in [0.2, 0.25) is 0 Å². The van der Waals surface area contributed by atoms with E-state index in [1.54, 1.807) is 0 Å². The van der Waals surface area contributed by atoms with E-state index in [-0.39, 0.29) is 31.5 Å². The van der Waals surface area contributed by atoms with Crippen LogP contribution in [0.25, 0.3) is 0 Å². The van der Waals surface area contributed by atoms with Crippen molar-refractivity contribution in [2.24, 2.45) is 0 Å². The van der Waals surface area contributed by atoms with Gasteiger partial charge in [0.2, 0.25) is 0 Å². The fourth-order valence-corrected chi connectivity index (χ4v) is 2.05. The van der Waals surface area contributed by atoms with Gasteiger partial charge in [0.25, 0.3) is 0 Å². The molecule has 1 nitrogen and oxygen atoms in total. The molecule has 1 aromatic rings. The van der Waals surface area contributed by atoms with Gasteiger partial charge in [-0.3, -0.25) is 0 Å². The summed E-state index contributed by atoms with van der Waals surface area (Å²) in [5.41, 5.74) is 0. The van der Waals surface area contributed by atoms with E-state index in [1.807, 2.05) is 30.3 Å². The molecule has 0 aliphatic heterocycles. The van der Waals surface area contributed by atoms with Crippen LogP contribution in [0.5, 0.6) is 0 Å². The van der Waals surface area contributed by atoms with Gasteiger partial charge < -0.3 is 0 Å². The summed E-state index contributed by atoms with van der Waals surface area (Å²) in [5.74, 6) is 0. The third kappa shape index (κ3) is 4.44. The fraction of sp³-hybridized carbons (Fsp3) is 0. The third-order valence-electron chi connectivity index (χ3n) is 0.941. The summed E-state index contributed by atoms with van der Waals surface area (Å²) in [7, 11) is 0. The molecular weight excluding hydrogens is 250 g/mol. The zero-order valence-corrected chi connectivity index (χ0v) is 8.77. The number of hydrogen-bond donors (Lipinski definition) is 0. The molecular formula is C7H6Cl2OSe. The van der Waals surface area contributed by atoms with E-state index in [0.717, 1.165) is 4.46 Å². The molecule has 0 saturated carbocycles. The maximum atomic E-state index is 10.4. The zero-order valence-electron chi connectivity index (χ0n) is 5.49. The van der Waals surface area contributed by atoms with Crippen LogP contribution in [0.15, 0.2) is 30.3 Å². The molecule has 1 aromatic carbocycles. The van der Waals surface area contributed by atoms with Crippen LogP contribution in [-0.4, -0.2) is 19.1 Å². The first-order chi connectivity index (χ1) is 4.79. The van der Waals surface area contributed by atoms with Crippen molar-refractivity contribution in [2.45, 2.75) is 0 Å². The molecule has 0 amide bonds. The van der Waals surface area contributed by atoms with Gasteiger partial charge >= 0.3 is 70.3 Å². The van der Waals surface area contributed by atoms with Crippen molar-refractivity contribution in [3.63, 3.8) is 0 Å². The Hall–Kier alpha value is -0.0105. The summed E-state index contributed by atoms with van der Waals surface area (Å²) < 4.78 is 0.772. The second kappa shape index (κ2) is 5.62. The van der Waals surface area contributed by atoms with Gasteiger partial charge in [-0.25, -0.2) is 0 Å². The molecule has 0 unspecified atom stereocenters. The summed E-state index contributed by atoms with van der Waals surface area (Å²) in [5, 5.41) is 0. The van der Waals surface area contributed by atoms with Gasteiger partial charge in [-0.1, -0.05) is 0 Å². The maximum absolute atomic E-state index is 10.4. The molecule has 0 heterocycles. The molecule has 0 bridgehead atoms. The Kier molecular flexibility index (Phi) is 5.61. The normalized spacial score (nSPS) is 8.45. The first-order valence-electron chi connectivity index (χ1n) is 2.71. The van der Waals surface area contributed by atoms with Crippen molar-refractivity contribution in [1.82, 2.24) is 0 Å². The van der Waals surface area contributed by atoms with Crippen molar-refractivity contribution < 1.29 is 4.79 Å². The number of carbonyl (C=O) groups is 1. The predicted octanol–water partition coefficient (Wildman–Crippen LogP) is 1.80. The molecule has 0 aromatic heterocycles. The van der Waals surface area contributed by atoms with Crippen molar-refractivity contribution in [2.75, 3.05) is 0 Å². The van der Waals surface area contributed by atoms with Crippen molar-refractivity contribution >= 4 is 47.6 Å². The predicted molar refractivity (Wildman–Crippen MR) is 50.3 cm³/mol. The Labute approximate surface area is 82.7 Å². The Morgan fingerprint density at radius 2 is 1.82 bits per heavy atom. The molecule has 0 spiro atoms. The van der Waals surface area contributed by atoms with Gasteiger partial charge in [-0.15, -0.1) is 12.4 Å². The molecule has 4 heteroatoms. The first-order valence-corrected chi connectivity index (χ1v) is 4.80. The Morgan fingerprint density at radius 1 is 1.27 bits per heavy atom. The molecule has 0 aliphatic rings. The number of carbonyl (C=O) groups excluding carboxylic acids is 1. The molecule has 1 rings (SSSR count). The molecule has 11 heavy (non-hydrogen) atoms. The Bertz CT molecular complexity index is 225. The van der Waals surface area contributed by atoms with E-state index in [1.165, 1.54) is 0 Å². The van der Waals surface area contributed by atoms with Crippen LogP contribution in [0.3, 0.4) is 0 Å². The Morgan fingerprint density at radius 3 is 2.27 bits per heavy atom. The van der Waals surface area contributed by atoms with Gasteiger partial charge in [0.15, 0.2) is 0 Å². The summed E-state index contributed by atoms with van der Waals surface area (Å²) >= 11 is 5.00. The van der Waals surface area contributed by atoms with Crippen LogP contribution >= 0.6 is 24.0 Å². The molecule has 0 saturated heterocycles. The van der Waals surface area contributed by atoms with Crippen molar-refractivity contribution in [3.8, 4) is 0 Å². The molecule has 0 atom stereocenters. The van der Waals surface area contributed by atoms with Gasteiger partial charge in [0.05, 0.1) is 0 Å². The second-order valence-corrected chi connectivity index (χ2v) is 4.70. The first kappa shape index (κ1) is 11.0. The molecule has 0 radical (unpaired) electrons. The second-order valence-electron chi connectivity index (χ2n) is 1.65. The zero-order chi connectivity index (χ0) is 7.40. The summed E-state index contributed by atoms with van der Waals surface area (Å²) in [6.45, 7) is 0. The quantitative estimate of drug-likeness (QED) is 0.582. The van der Waals surface area contributed by atoms with Crippen LogP contribution in [-0.2, 0) is 0 Å². The van der Waals surface area contributed by atoms with Crippen LogP contribution < -0.4 is 4.46 Å². The van der Waals surface area contributed by atoms with Gasteiger partial charge in [0.1, 0.15) is 0 Å². The van der Waals surface area contributed by atoms with Gasteiger partial charge in [0, 0.05) is 0 Å². The average Bonchev–Trinajstić information content (AvgIpc) is 1.88. The molecule has 0 N–H and O–H groups in total. The standard InChI is InChI=1S/C7H5ClOSe.ClH/c8-7(9)10-6-4-2-1-3-5-6;/h1-5H;1H. The summed E-state index contributed by atoms with van der Waals surface area (Å²) in [6, 6.07) is 9.52. The molecule has 0 fully saturated rings. The van der Waals surface area contributed by atoms with Crippen molar-refractivity contribution in [1.29, 1.82) is 0 Å². The van der Waals surface area contributed by atoms with Crippen LogP contribution in [0.4, 0.5) is 4.79 Å². The summed E-state index contributed by atoms with van der Waals surface area (Å²) in [6.07, 6.45) is 0. The fourth-order valence-electron chi connectivity index (χ4n) is 0.581. The van der Waals surface area contributed by atoms with E-state index in [9.17, 15) is 4.79 Å². The number of hydrogen-bond acceptors (Lipinski definition) is 1. The summed E-state index contributed by atoms with van der Waals surface area (Å²) in [4.78, 5) is 10.4. The van der Waals surface area contributed by atoms with Crippen LogP contribution in [0, 0.1) is 0 Å². The van der Waals surface area contributed by atoms with E-state index < -0.39 is 0 Å². The van der Waals surface area contributed by atoms with Crippen LogP contribution in [0.1, 0.15) is 0 Å². The SMILES string of the molecule is Cl.O=C(Cl)[Se]c1ccccc1. The third-order valence-corrected chi connectivity index (χ3v) is 2.74. The van der Waals surface area contributed by atoms with E-state index >= 15 is 0 Å². The van der Waals surface area contributed by atoms with E-state index in [2.05, 4.69) is 0 Å². The minimum atomic E-state index is -0.251. The minimum absolute atomic E-state index is 0. The van der Waals surface area contributed by atoms with Crippen molar-refractivity contribution in [3.05, 3.63) is 30.3 Å². The topological polar surface area (TPSA) is 17.1 Å². The Balaban J connectivity index is 0.000001000. The number of benzene rings is 1. The molecule has 0 aliphatic carbocycles.